The zero-order valence-electron chi connectivity index (χ0n) is 84.2. The van der Waals surface area contributed by atoms with Crippen LogP contribution in [0.2, 0.25) is 5.15 Å². The maximum Gasteiger partial charge on any atom is 0.519 e. The Kier molecular flexibility index (Phi) is 59.4. The molecule has 9 amide bonds. The Morgan fingerprint density at radius 2 is 0.959 bits per heavy atom. The van der Waals surface area contributed by atoms with Gasteiger partial charge in [0.15, 0.2) is 0 Å². The topological polar surface area (TPSA) is 512 Å². The lowest BCUT2D eigenvalue weighted by Crippen LogP contribution is -2.45. The van der Waals surface area contributed by atoms with Crippen molar-refractivity contribution in [2.24, 2.45) is 35.0 Å². The van der Waals surface area contributed by atoms with Crippen LogP contribution in [0.15, 0.2) is 109 Å². The molecule has 38 nitrogen and oxygen atoms in total. The van der Waals surface area contributed by atoms with E-state index in [0.29, 0.717) is 60.4 Å². The number of H-pyrrole nitrogens is 2. The molecule has 0 saturated carbocycles. The molecular weight excluding hydrogens is 2310 g/mol. The number of halogens is 2. The van der Waals surface area contributed by atoms with Gasteiger partial charge in [0.2, 0.25) is 17.6 Å². The average Bonchev–Trinajstić information content (AvgIpc) is 1.70. The molecule has 5 fully saturated rings. The summed E-state index contributed by atoms with van der Waals surface area (Å²) >= 11 is 31.3. The highest BCUT2D eigenvalue weighted by molar-refractivity contribution is 9.09. The van der Waals surface area contributed by atoms with Crippen molar-refractivity contribution in [1.29, 1.82) is 0 Å². The van der Waals surface area contributed by atoms with Crippen molar-refractivity contribution in [2.45, 2.75) is 215 Å². The van der Waals surface area contributed by atoms with Gasteiger partial charge in [0, 0.05) is 132 Å². The number of fused-ring (bicyclic) bond motifs is 2. The molecule has 808 valence electrons. The number of thiocarbonyl (C=S) groups is 1. The maximum atomic E-state index is 12.3. The minimum Gasteiger partial charge on any atom is -0.460 e. The number of amides is 9. The second kappa shape index (κ2) is 67.5. The Hall–Kier alpha value is -7.94. The Morgan fingerprint density at radius 1 is 0.531 bits per heavy atom. The number of alkyl halides is 1. The van der Waals surface area contributed by atoms with Gasteiger partial charge >= 0.3 is 48.6 Å². The van der Waals surface area contributed by atoms with Crippen molar-refractivity contribution in [2.75, 3.05) is 104 Å². The van der Waals surface area contributed by atoms with E-state index in [9.17, 15) is 52.7 Å². The van der Waals surface area contributed by atoms with Crippen molar-refractivity contribution in [1.82, 2.24) is 59.9 Å². The summed E-state index contributed by atoms with van der Waals surface area (Å²) in [6, 6.07) is 21.8. The van der Waals surface area contributed by atoms with Crippen LogP contribution in [0.5, 0.6) is 0 Å². The number of nitrogens with one attached hydrogen (secondary N) is 7. The number of thiazole rings is 2. The van der Waals surface area contributed by atoms with Crippen LogP contribution in [0.3, 0.4) is 0 Å². The van der Waals surface area contributed by atoms with Crippen LogP contribution in [-0.2, 0) is 150 Å². The molecule has 13 rings (SSSR count). The van der Waals surface area contributed by atoms with Gasteiger partial charge in [0.25, 0.3) is 0 Å². The summed E-state index contributed by atoms with van der Waals surface area (Å²) in [6.45, 7) is 35.6. The molecule has 147 heavy (non-hydrogen) atoms. The number of esters is 1. The molecule has 5 unspecified atom stereocenters. The molecule has 6 aromatic heterocycles. The number of benzene rings is 2. The minimum absolute atomic E-state index is 0.0336. The number of piperidine rings is 5. The first-order valence-corrected chi connectivity index (χ1v) is 68.1. The Bertz CT molecular complexity index is 5920. The Labute approximate surface area is 924 Å². The number of para-hydroxylation sites is 2. The predicted octanol–water partition coefficient (Wildman–Crippen LogP) is 20.3. The molecule has 57 heteroatoms. The molecule has 0 spiro atoms. The van der Waals surface area contributed by atoms with Gasteiger partial charge in [-0.3, -0.25) is 25.0 Å². The number of carbonyl (C=O) groups excluding carboxylic acids is 11. The van der Waals surface area contributed by atoms with Crippen LogP contribution < -0.4 is 48.7 Å². The zero-order chi connectivity index (χ0) is 109. The van der Waals surface area contributed by atoms with E-state index in [2.05, 4.69) is 96.8 Å². The average molecular weight is 2430 g/mol. The third kappa shape index (κ3) is 54.2. The number of Topliss-reactive ketones (excluding diaryl/α,β-unsaturated/α-hetero) is 1. The van der Waals surface area contributed by atoms with Crippen LogP contribution in [0, 0.1) is 17.8 Å². The van der Waals surface area contributed by atoms with Crippen LogP contribution in [-0.4, -0.2) is 231 Å². The van der Waals surface area contributed by atoms with Gasteiger partial charge in [0.05, 0.1) is 56.5 Å². The normalized spacial score (nSPS) is 16.6. The van der Waals surface area contributed by atoms with Gasteiger partial charge in [-0.25, -0.2) is 68.3 Å². The Morgan fingerprint density at radius 3 is 1.39 bits per heavy atom. The van der Waals surface area contributed by atoms with Crippen molar-refractivity contribution < 1.29 is 85.9 Å². The van der Waals surface area contributed by atoms with Gasteiger partial charge in [-0.2, -0.15) is 0 Å². The number of ether oxygens (including phenoxy) is 7. The summed E-state index contributed by atoms with van der Waals surface area (Å²) in [5.74, 6) is 0.680. The van der Waals surface area contributed by atoms with Crippen molar-refractivity contribution in [3.05, 3.63) is 124 Å². The summed E-state index contributed by atoms with van der Waals surface area (Å²) < 4.78 is 34.2. The number of anilines is 5. The smallest absolute Gasteiger partial charge is 0.460 e. The zero-order valence-corrected chi connectivity index (χ0v) is 101. The number of rotatable bonds is 16. The fourth-order valence-corrected chi connectivity index (χ4v) is 50.9. The van der Waals surface area contributed by atoms with Gasteiger partial charge in [-0.05, 0) is 292 Å². The quantitative estimate of drug-likeness (QED) is 0.00628. The molecule has 0 bridgehead atoms. The maximum absolute atomic E-state index is 12.3. The van der Waals surface area contributed by atoms with E-state index in [0.717, 1.165) is 160 Å². The lowest BCUT2D eigenvalue weighted by Gasteiger charge is -2.33. The van der Waals surface area contributed by atoms with Crippen molar-refractivity contribution >= 4 is 310 Å². The highest BCUT2D eigenvalue weighted by Gasteiger charge is 2.35. The lowest BCUT2D eigenvalue weighted by atomic mass is 9.98. The molecule has 5 saturated heterocycles. The van der Waals surface area contributed by atoms with Gasteiger partial charge in [-0.15, -0.1) is 22.7 Å². The van der Waals surface area contributed by atoms with Crippen molar-refractivity contribution in [3.63, 3.8) is 0 Å². The summed E-state index contributed by atoms with van der Waals surface area (Å²) in [6.07, 6.45) is 13.2. The highest BCUT2D eigenvalue weighted by Crippen LogP contribution is 2.70. The fourth-order valence-electron chi connectivity index (χ4n) is 13.2. The molecule has 0 radical (unpaired) electrons. The SMILES string of the molecule is CC(C)(C)OC(=O)N1CCCC(C(N)=O)C1.CC(C)(C)OC(=O)N1CCCC(C(N)=S)C1.CC(C)(C)OC(=O)N1CCCC(c2nc(NC(=O)Nc3ccccc3)cs2)C1.CC(C)(C)OC(=O)OC(=O)OC(C)(C)C.CCOC(=O)C(=O)CBr.Clc1ncnc2[nH]ccc12.NC(=O)C1CCCNC1.O=C(Nc1ccccc1)Nc1csc(C2CCCN(c3ncnc4[nH]ccc34)C2)n1.S=PP(P=S)P=S=S=S=S=S=S=S=S. The standard InChI is InChI=1S/C21H21N7OS.C20H26N4O3S.C11H20N2O3.C11H20N2O2S.C10H18O5.C6H4ClN3.C6H12N2O.C5H7BrO3.P4S10/c29-21(25-15-6-2-1-3-7-15)27-17-12-30-20(26-17)14-5-4-10-28(11-14)19-16-8-9-22-18(16)23-13-24-19;1-20(2,3)27-19(26)24-11-7-8-14(12-24)17-22-16(13-28-17)23-18(25)21-15-9-5-4-6-10-15;1-11(2,3)16-10(15)13-6-4-5-8(7-13)9(12)14;1-11(2,3)15-10(14)13-6-4-5-8(7-13)9(12)16;1-9(2,3)14-7(11)13-8(12)15-10(4,5)6;7-5-4-1-2-8-6(4)10-3-9-5;7-6(9)5-2-1-3-8-4-5;1-2-9-5(8)4(7)3-6;5-1-4(2-6)3-8-10-12-14-13-11-9-7/h1-3,6-9,12-14H,4-5,10-11H2,(H,22,23,24)(H2,25,27,29);4-6,9-10,13-14H,7-8,11-12H2,1-3H3,(H2,21,23,25);8H,4-7H2,1-3H3,(H2,12,14);8H,4-7H2,1-3H3,(H2,12,16);1-6H3;1-3H,(H,8,9,10);5,8H,1-4H2,(H2,7,9);2-3H2,1H3;. The Balaban J connectivity index is 0.000000301. The number of aromatic nitrogens is 8. The molecule has 0 aliphatic carbocycles. The van der Waals surface area contributed by atoms with Crippen LogP contribution in [0.4, 0.5) is 62.4 Å². The third-order valence-corrected chi connectivity index (χ3v) is 56.3. The van der Waals surface area contributed by atoms with E-state index < -0.39 is 52.1 Å². The number of nitrogens with zero attached hydrogens (tertiary/aromatic N) is 10. The largest absolute Gasteiger partial charge is 0.519 e. The number of urea groups is 2. The first-order valence-electron chi connectivity index (χ1n) is 45.9. The summed E-state index contributed by atoms with van der Waals surface area (Å²) in [5, 5.41) is 22.4. The van der Waals surface area contributed by atoms with Crippen LogP contribution in [0.25, 0.3) is 22.1 Å². The fraction of sp³-hybridized carbons (Fsp3) is 0.533. The molecule has 5 aliphatic rings. The highest BCUT2D eigenvalue weighted by atomic mass is 79.9. The number of hydrogen-bond acceptors (Lipinski definition) is 32. The molecule has 5 aliphatic heterocycles. The predicted molar refractivity (Wildman–Crippen MR) is 621 cm³/mol. The number of hydrogen-bond donors (Lipinski definition) is 10. The van der Waals surface area contributed by atoms with E-state index in [1.165, 1.54) is 33.6 Å². The van der Waals surface area contributed by atoms with Crippen LogP contribution >= 0.6 is 90.5 Å². The first kappa shape index (κ1) is 130. The number of carbonyl (C=O) groups is 11. The number of primary amides is 2. The van der Waals surface area contributed by atoms with Gasteiger partial charge < -0.3 is 95.9 Å². The third-order valence-electron chi connectivity index (χ3n) is 19.4. The van der Waals surface area contributed by atoms with E-state index in [4.69, 9.17) is 99.5 Å². The first-order chi connectivity index (χ1) is 69.4. The molecular formula is C90H128BrClN20O18P4S13. The lowest BCUT2D eigenvalue weighted by molar-refractivity contribution is -0.152. The molecule has 5 atom stereocenters. The molecule has 8 aromatic rings. The van der Waals surface area contributed by atoms with E-state index in [1.54, 1.807) is 131 Å². The summed E-state index contributed by atoms with van der Waals surface area (Å²) in [5.41, 5.74) is 16.2. The van der Waals surface area contributed by atoms with E-state index in [-0.39, 0.29) is 84.8 Å². The number of likely N-dealkylation sites (tertiary alicyclic amines) is 3. The number of ketones is 1. The minimum atomic E-state index is -1.06. The second-order valence-electron chi connectivity index (χ2n) is 37.0. The van der Waals surface area contributed by atoms with Crippen LogP contribution in [0.1, 0.15) is 197 Å². The second-order valence-corrected chi connectivity index (χ2v) is 66.1. The van der Waals surface area contributed by atoms with Gasteiger partial charge in [-0.1, -0.05) is 99.8 Å². The van der Waals surface area contributed by atoms with E-state index in [1.807, 2.05) is 162 Å². The molecule has 2 aromatic carbocycles. The summed E-state index contributed by atoms with van der Waals surface area (Å²) in [4.78, 5) is 164. The molecule has 11 heterocycles. The van der Waals surface area contributed by atoms with Gasteiger partial charge in [0.1, 0.15) is 74.6 Å². The number of nitrogens with two attached hydrogens (primary N) is 3. The monoisotopic (exact) mass is 2430 g/mol. The molecule has 13 N–H and O–H groups in total. The number of aromatic amines is 2. The summed E-state index contributed by atoms with van der Waals surface area (Å²) in [7, 11) is 15.2. The van der Waals surface area contributed by atoms with E-state index >= 15 is 0 Å². The van der Waals surface area contributed by atoms with Crippen molar-refractivity contribution in [3.8, 4) is 0 Å².